The van der Waals surface area contributed by atoms with Crippen LogP contribution in [0.3, 0.4) is 0 Å². The molecule has 18 aromatic carbocycles. The van der Waals surface area contributed by atoms with Crippen LogP contribution < -0.4 is 9.80 Å². The molecule has 0 fully saturated rings. The SMILES string of the molecule is c1ccc(-c2cc(N(c3cc4ccccc4c4ccccc34)c3cccc4c3oc3ccccc34)ccc2-c2cccc3c2oc2ccccc23)cc1.c1ccc(-c2ccc(N(c3ccc(-c4cccc5c4oc4ccccc45)c(-c4cccc5ccccc45)c3)c3cccc4c3oc3ccccc34)cc2)cc1. The van der Waals surface area contributed by atoms with Crippen LogP contribution in [-0.2, 0) is 0 Å². The van der Waals surface area contributed by atoms with E-state index in [2.05, 4.69) is 356 Å². The van der Waals surface area contributed by atoms with E-state index in [4.69, 9.17) is 17.7 Å². The molecule has 0 bridgehead atoms. The lowest BCUT2D eigenvalue weighted by Crippen LogP contribution is -2.11. The van der Waals surface area contributed by atoms with E-state index in [0.717, 1.165) is 177 Å². The van der Waals surface area contributed by atoms with Gasteiger partial charge in [0.25, 0.3) is 0 Å². The van der Waals surface area contributed by atoms with E-state index in [1.165, 1.54) is 32.5 Å². The highest BCUT2D eigenvalue weighted by molar-refractivity contribution is 6.19. The number of para-hydroxylation sites is 8. The standard InChI is InChI=1S/C52H33NO2.C50H31NO2/c1-2-13-34(14-3-1)35-27-29-37(30-28-35)53(48-24-12-23-46-43-19-7-9-26-50(43)55-52(46)48)38-31-32-41(47(33-38)40-20-10-16-36-15-4-5-17-39(36)40)44-21-11-22-45-42-18-6-8-25-49(42)54-51(44)45;1-2-14-32(15-3-1)44-31-34(28-29-37(44)41-22-12-23-42-39-20-8-10-26-47(39)52-49(41)42)51(45-25-13-24-43-40-21-9-11-27-48(40)53-50(43)45)46-30-33-16-4-5-17-35(33)36-18-6-7-19-38(36)46/h1-33H;1-31H. The van der Waals surface area contributed by atoms with Gasteiger partial charge in [0.2, 0.25) is 0 Å². The van der Waals surface area contributed by atoms with Crippen molar-refractivity contribution in [1.29, 1.82) is 0 Å². The quantitative estimate of drug-likeness (QED) is 0.120. The van der Waals surface area contributed by atoms with Crippen LogP contribution in [0.25, 0.3) is 176 Å². The maximum atomic E-state index is 6.74. The normalized spacial score (nSPS) is 11.7. The molecule has 0 aliphatic rings. The molecule has 4 heterocycles. The second-order valence-corrected chi connectivity index (χ2v) is 27.7. The Morgan fingerprint density at radius 2 is 0.519 bits per heavy atom. The van der Waals surface area contributed by atoms with Gasteiger partial charge >= 0.3 is 0 Å². The van der Waals surface area contributed by atoms with Crippen molar-refractivity contribution in [2.24, 2.45) is 0 Å². The van der Waals surface area contributed by atoms with Gasteiger partial charge in [-0.25, -0.2) is 0 Å². The van der Waals surface area contributed by atoms with Gasteiger partial charge in [0.1, 0.15) is 33.5 Å². The van der Waals surface area contributed by atoms with Crippen LogP contribution in [0.5, 0.6) is 0 Å². The largest absolute Gasteiger partial charge is 0.455 e. The van der Waals surface area contributed by atoms with Crippen molar-refractivity contribution in [3.8, 4) is 55.6 Å². The summed E-state index contributed by atoms with van der Waals surface area (Å²) in [6.45, 7) is 0. The van der Waals surface area contributed by atoms with Gasteiger partial charge < -0.3 is 27.5 Å². The Kier molecular flexibility index (Phi) is 14.8. The molecule has 0 saturated heterocycles. The van der Waals surface area contributed by atoms with Crippen LogP contribution in [0.15, 0.2) is 406 Å². The average Bonchev–Trinajstić information content (AvgIpc) is 1.16. The van der Waals surface area contributed by atoms with Crippen molar-refractivity contribution in [2.75, 3.05) is 9.80 Å². The molecule has 506 valence electrons. The predicted octanol–water partition coefficient (Wildman–Crippen LogP) is 29.7. The van der Waals surface area contributed by atoms with E-state index >= 15 is 0 Å². The maximum Gasteiger partial charge on any atom is 0.159 e. The number of hydrogen-bond acceptors (Lipinski definition) is 6. The number of furan rings is 4. The number of anilines is 6. The first-order chi connectivity index (χ1) is 53.6. The van der Waals surface area contributed by atoms with Crippen LogP contribution in [0.2, 0.25) is 0 Å². The Bertz CT molecular complexity index is 7260. The Morgan fingerprint density at radius 1 is 0.157 bits per heavy atom. The fourth-order valence-corrected chi connectivity index (χ4v) is 16.6. The fraction of sp³-hybridized carbons (Fsp3) is 0. The number of nitrogens with zero attached hydrogens (tertiary/aromatic N) is 2. The molecule has 22 aromatic rings. The van der Waals surface area contributed by atoms with E-state index in [0.29, 0.717) is 0 Å². The molecule has 0 aliphatic carbocycles. The molecule has 0 radical (unpaired) electrons. The second-order valence-electron chi connectivity index (χ2n) is 27.7. The summed E-state index contributed by atoms with van der Waals surface area (Å²) in [6, 6.07) is 138. The lowest BCUT2D eigenvalue weighted by molar-refractivity contribution is 0.668. The Morgan fingerprint density at radius 3 is 1.08 bits per heavy atom. The van der Waals surface area contributed by atoms with Crippen LogP contribution >= 0.6 is 0 Å². The summed E-state index contributed by atoms with van der Waals surface area (Å²) < 4.78 is 26.7. The Balaban J connectivity index is 0.000000138. The summed E-state index contributed by atoms with van der Waals surface area (Å²) in [5.74, 6) is 0. The lowest BCUT2D eigenvalue weighted by Gasteiger charge is -2.28. The highest BCUT2D eigenvalue weighted by atomic mass is 16.3. The molecule has 22 rings (SSSR count). The molecule has 0 spiro atoms. The van der Waals surface area contributed by atoms with E-state index in [-0.39, 0.29) is 0 Å². The van der Waals surface area contributed by atoms with Crippen molar-refractivity contribution in [1.82, 2.24) is 0 Å². The fourth-order valence-electron chi connectivity index (χ4n) is 16.6. The summed E-state index contributed by atoms with van der Waals surface area (Å²) in [6.07, 6.45) is 0. The average molecular weight is 1380 g/mol. The number of fused-ring (bicyclic) bond motifs is 16. The number of benzene rings is 18. The number of rotatable bonds is 11. The lowest BCUT2D eigenvalue weighted by atomic mass is 9.90. The minimum atomic E-state index is 0.846. The van der Waals surface area contributed by atoms with Gasteiger partial charge in [-0.3, -0.25) is 0 Å². The zero-order valence-corrected chi connectivity index (χ0v) is 58.5. The van der Waals surface area contributed by atoms with Crippen molar-refractivity contribution in [3.63, 3.8) is 0 Å². The molecule has 108 heavy (non-hydrogen) atoms. The molecule has 0 unspecified atom stereocenters. The van der Waals surface area contributed by atoms with Gasteiger partial charge in [0.05, 0.1) is 17.1 Å². The van der Waals surface area contributed by atoms with E-state index in [9.17, 15) is 0 Å². The van der Waals surface area contributed by atoms with Crippen molar-refractivity contribution in [3.05, 3.63) is 388 Å². The minimum Gasteiger partial charge on any atom is -0.455 e. The van der Waals surface area contributed by atoms with Crippen LogP contribution in [0.4, 0.5) is 34.1 Å². The first kappa shape index (κ1) is 62.1. The molecule has 0 aliphatic heterocycles. The van der Waals surface area contributed by atoms with Gasteiger partial charge in [-0.2, -0.15) is 0 Å². The monoisotopic (exact) mass is 1380 g/mol. The molecule has 6 heteroatoms. The van der Waals surface area contributed by atoms with Crippen molar-refractivity contribution >= 4 is 154 Å². The molecule has 0 saturated carbocycles. The molecule has 0 atom stereocenters. The van der Waals surface area contributed by atoms with Crippen LogP contribution in [-0.4, -0.2) is 0 Å². The molecule has 0 N–H and O–H groups in total. The summed E-state index contributed by atoms with van der Waals surface area (Å²) >= 11 is 0. The van der Waals surface area contributed by atoms with Gasteiger partial charge in [0.15, 0.2) is 11.2 Å². The Hall–Kier alpha value is -14.5. The van der Waals surface area contributed by atoms with Crippen LogP contribution in [0, 0.1) is 0 Å². The Labute approximate surface area is 621 Å². The topological polar surface area (TPSA) is 59.0 Å². The maximum absolute atomic E-state index is 6.74. The second kappa shape index (κ2) is 25.7. The van der Waals surface area contributed by atoms with E-state index in [1.54, 1.807) is 0 Å². The zero-order valence-electron chi connectivity index (χ0n) is 58.5. The summed E-state index contributed by atoms with van der Waals surface area (Å²) in [4.78, 5) is 4.72. The highest BCUT2D eigenvalue weighted by Gasteiger charge is 2.27. The number of hydrogen-bond donors (Lipinski definition) is 0. The first-order valence-electron chi connectivity index (χ1n) is 36.7. The summed E-state index contributed by atoms with van der Waals surface area (Å²) in [5.41, 5.74) is 24.3. The van der Waals surface area contributed by atoms with Crippen molar-refractivity contribution in [2.45, 2.75) is 0 Å². The highest BCUT2D eigenvalue weighted by Crippen LogP contribution is 2.51. The van der Waals surface area contributed by atoms with Crippen molar-refractivity contribution < 1.29 is 17.7 Å². The van der Waals surface area contributed by atoms with Gasteiger partial charge in [-0.05, 0) is 150 Å². The minimum absolute atomic E-state index is 0.846. The third kappa shape index (κ3) is 10.4. The molecular weight excluding hydrogens is 1320 g/mol. The summed E-state index contributed by atoms with van der Waals surface area (Å²) in [5, 5.41) is 16.0. The molecule has 6 nitrogen and oxygen atoms in total. The van der Waals surface area contributed by atoms with Crippen LogP contribution in [0.1, 0.15) is 0 Å². The summed E-state index contributed by atoms with van der Waals surface area (Å²) in [7, 11) is 0. The third-order valence-electron chi connectivity index (χ3n) is 21.5. The molecule has 0 amide bonds. The molecular formula is C102H64N2O4. The molecule has 4 aromatic heterocycles. The third-order valence-corrected chi connectivity index (χ3v) is 21.5. The smallest absolute Gasteiger partial charge is 0.159 e. The predicted molar refractivity (Wildman–Crippen MR) is 451 cm³/mol. The van der Waals surface area contributed by atoms with E-state index in [1.807, 2.05) is 42.5 Å². The zero-order chi connectivity index (χ0) is 71.2. The van der Waals surface area contributed by atoms with Gasteiger partial charge in [-0.15, -0.1) is 0 Å². The van der Waals surface area contributed by atoms with Gasteiger partial charge in [0, 0.05) is 76.7 Å². The first-order valence-corrected chi connectivity index (χ1v) is 36.7. The van der Waals surface area contributed by atoms with E-state index < -0.39 is 0 Å². The van der Waals surface area contributed by atoms with Gasteiger partial charge in [-0.1, -0.05) is 309 Å².